The first-order valence-electron chi connectivity index (χ1n) is 3.23. The van der Waals surface area contributed by atoms with Gasteiger partial charge in [-0.25, -0.2) is 0 Å². The molecular weight excluding hydrogens is 122 g/mol. The molecule has 0 unspecified atom stereocenters. The van der Waals surface area contributed by atoms with E-state index in [0.29, 0.717) is 6.42 Å². The highest BCUT2D eigenvalue weighted by molar-refractivity contribution is 5.21. The van der Waals surface area contributed by atoms with E-state index in [0.717, 1.165) is 11.3 Å². The van der Waals surface area contributed by atoms with E-state index < -0.39 is 0 Å². The quantitative estimate of drug-likeness (QED) is 0.453. The van der Waals surface area contributed by atoms with Crippen molar-refractivity contribution < 1.29 is 0 Å². The molecule has 0 bridgehead atoms. The van der Waals surface area contributed by atoms with Crippen LogP contribution in [0.15, 0.2) is 23.4 Å². The maximum atomic E-state index is 5.54. The van der Waals surface area contributed by atoms with E-state index in [1.165, 1.54) is 0 Å². The molecule has 0 aliphatic heterocycles. The van der Waals surface area contributed by atoms with Crippen molar-refractivity contribution in [2.45, 2.75) is 20.3 Å². The lowest BCUT2D eigenvalue weighted by Gasteiger charge is -1.93. The molecule has 0 radical (unpaired) electrons. The standard InChI is InChI=1S/C9H13N/c1-4-6-9(10)7-8(3)5-2/h1,5,7H,6,10H2,2-3H3/b8-5-,9-7+. The zero-order valence-corrected chi connectivity index (χ0v) is 6.52. The van der Waals surface area contributed by atoms with Gasteiger partial charge >= 0.3 is 0 Å². The van der Waals surface area contributed by atoms with Gasteiger partial charge in [-0.2, -0.15) is 0 Å². The van der Waals surface area contributed by atoms with Crippen molar-refractivity contribution in [1.82, 2.24) is 0 Å². The van der Waals surface area contributed by atoms with Gasteiger partial charge in [0.15, 0.2) is 0 Å². The maximum Gasteiger partial charge on any atom is 0.0483 e. The smallest absolute Gasteiger partial charge is 0.0483 e. The van der Waals surface area contributed by atoms with Crippen LogP contribution in [0.2, 0.25) is 0 Å². The van der Waals surface area contributed by atoms with Crippen LogP contribution in [0.5, 0.6) is 0 Å². The summed E-state index contributed by atoms with van der Waals surface area (Å²) in [4.78, 5) is 0. The van der Waals surface area contributed by atoms with Crippen LogP contribution in [-0.2, 0) is 0 Å². The highest BCUT2D eigenvalue weighted by Gasteiger charge is 1.85. The van der Waals surface area contributed by atoms with Crippen LogP contribution in [0.1, 0.15) is 20.3 Å². The minimum Gasteiger partial charge on any atom is -0.401 e. The predicted molar refractivity (Wildman–Crippen MR) is 45.2 cm³/mol. The van der Waals surface area contributed by atoms with Gasteiger partial charge in [0, 0.05) is 12.1 Å². The van der Waals surface area contributed by atoms with Gasteiger partial charge in [-0.1, -0.05) is 11.6 Å². The Morgan fingerprint density at radius 3 is 2.70 bits per heavy atom. The van der Waals surface area contributed by atoms with Crippen LogP contribution >= 0.6 is 0 Å². The first-order valence-corrected chi connectivity index (χ1v) is 3.23. The second kappa shape index (κ2) is 4.69. The SMILES string of the molecule is C#CC/C(N)=C\C(C)=C/C. The van der Waals surface area contributed by atoms with E-state index in [9.17, 15) is 0 Å². The van der Waals surface area contributed by atoms with Gasteiger partial charge in [0.2, 0.25) is 0 Å². The second-order valence-electron chi connectivity index (χ2n) is 2.13. The molecule has 0 saturated carbocycles. The molecule has 0 aromatic heterocycles. The summed E-state index contributed by atoms with van der Waals surface area (Å²) in [5.41, 5.74) is 7.43. The molecule has 0 spiro atoms. The fourth-order valence-electron chi connectivity index (χ4n) is 0.545. The van der Waals surface area contributed by atoms with Crippen LogP contribution in [0, 0.1) is 12.3 Å². The number of allylic oxidation sites excluding steroid dienone is 4. The topological polar surface area (TPSA) is 26.0 Å². The van der Waals surface area contributed by atoms with E-state index in [1.807, 2.05) is 26.0 Å². The molecule has 0 fully saturated rings. The molecule has 0 aliphatic rings. The fourth-order valence-corrected chi connectivity index (χ4v) is 0.545. The Labute approximate surface area is 62.6 Å². The molecule has 0 saturated heterocycles. The molecule has 0 aromatic rings. The number of rotatable bonds is 2. The summed E-state index contributed by atoms with van der Waals surface area (Å²) in [7, 11) is 0. The van der Waals surface area contributed by atoms with E-state index >= 15 is 0 Å². The van der Waals surface area contributed by atoms with Crippen molar-refractivity contribution in [3.05, 3.63) is 23.4 Å². The van der Waals surface area contributed by atoms with Gasteiger partial charge in [-0.15, -0.1) is 12.3 Å². The third-order valence-electron chi connectivity index (χ3n) is 1.17. The van der Waals surface area contributed by atoms with E-state index in [-0.39, 0.29) is 0 Å². The zero-order valence-electron chi connectivity index (χ0n) is 6.52. The van der Waals surface area contributed by atoms with Crippen molar-refractivity contribution >= 4 is 0 Å². The Bertz CT molecular complexity index is 191. The molecule has 0 heterocycles. The summed E-state index contributed by atoms with van der Waals surface area (Å²) in [5, 5.41) is 0. The molecule has 1 nitrogen and oxygen atoms in total. The third-order valence-corrected chi connectivity index (χ3v) is 1.17. The van der Waals surface area contributed by atoms with Crippen molar-refractivity contribution in [1.29, 1.82) is 0 Å². The van der Waals surface area contributed by atoms with Crippen LogP contribution in [0.4, 0.5) is 0 Å². The molecule has 10 heavy (non-hydrogen) atoms. The normalized spacial score (nSPS) is 12.9. The highest BCUT2D eigenvalue weighted by atomic mass is 14.6. The minimum atomic E-state index is 0.533. The molecule has 2 N–H and O–H groups in total. The van der Waals surface area contributed by atoms with Gasteiger partial charge in [0.25, 0.3) is 0 Å². The molecule has 0 aliphatic carbocycles. The van der Waals surface area contributed by atoms with Crippen molar-refractivity contribution in [2.75, 3.05) is 0 Å². The van der Waals surface area contributed by atoms with E-state index in [4.69, 9.17) is 12.2 Å². The summed E-state index contributed by atoms with van der Waals surface area (Å²) >= 11 is 0. The molecule has 1 heteroatoms. The molecule has 0 aromatic carbocycles. The largest absolute Gasteiger partial charge is 0.401 e. The van der Waals surface area contributed by atoms with Gasteiger partial charge in [0.05, 0.1) is 0 Å². The minimum absolute atomic E-state index is 0.533. The average Bonchev–Trinajstić information content (AvgIpc) is 1.88. The van der Waals surface area contributed by atoms with Gasteiger partial charge in [0.1, 0.15) is 0 Å². The number of hydrogen-bond donors (Lipinski definition) is 1. The van der Waals surface area contributed by atoms with E-state index in [2.05, 4.69) is 5.92 Å². The van der Waals surface area contributed by atoms with Crippen LogP contribution in [0.3, 0.4) is 0 Å². The lowest BCUT2D eigenvalue weighted by atomic mass is 10.2. The highest BCUT2D eigenvalue weighted by Crippen LogP contribution is 1.99. The Morgan fingerprint density at radius 2 is 2.30 bits per heavy atom. The molecule has 54 valence electrons. The van der Waals surface area contributed by atoms with Crippen LogP contribution in [-0.4, -0.2) is 0 Å². The van der Waals surface area contributed by atoms with Gasteiger partial charge < -0.3 is 5.73 Å². The first-order chi connectivity index (χ1) is 4.70. The summed E-state index contributed by atoms with van der Waals surface area (Å²) in [6, 6.07) is 0. The monoisotopic (exact) mass is 135 g/mol. The summed E-state index contributed by atoms with van der Waals surface area (Å²) in [5.74, 6) is 2.48. The summed E-state index contributed by atoms with van der Waals surface area (Å²) < 4.78 is 0. The Hall–Kier alpha value is -1.16. The van der Waals surface area contributed by atoms with Gasteiger partial charge in [-0.05, 0) is 19.9 Å². The third kappa shape index (κ3) is 3.80. The summed E-state index contributed by atoms with van der Waals surface area (Å²) in [6.45, 7) is 3.96. The lowest BCUT2D eigenvalue weighted by molar-refractivity contribution is 1.19. The zero-order chi connectivity index (χ0) is 7.98. The van der Waals surface area contributed by atoms with Gasteiger partial charge in [-0.3, -0.25) is 0 Å². The fraction of sp³-hybridized carbons (Fsp3) is 0.333. The number of terminal acetylenes is 1. The Kier molecular flexibility index (Phi) is 4.15. The summed E-state index contributed by atoms with van der Waals surface area (Å²) in [6.07, 6.45) is 9.47. The number of nitrogens with two attached hydrogens (primary N) is 1. The predicted octanol–water partition coefficient (Wildman–Crippen LogP) is 1.82. The number of hydrogen-bond acceptors (Lipinski definition) is 1. The lowest BCUT2D eigenvalue weighted by Crippen LogP contribution is -1.95. The van der Waals surface area contributed by atoms with Crippen molar-refractivity contribution in [3.8, 4) is 12.3 Å². The van der Waals surface area contributed by atoms with Crippen molar-refractivity contribution in [2.24, 2.45) is 5.73 Å². The van der Waals surface area contributed by atoms with Crippen LogP contribution in [0.25, 0.3) is 0 Å². The Balaban J connectivity index is 4.06. The second-order valence-corrected chi connectivity index (χ2v) is 2.13. The molecule has 0 atom stereocenters. The maximum absolute atomic E-state index is 5.54. The Morgan fingerprint density at radius 1 is 1.70 bits per heavy atom. The molecule has 0 amide bonds. The molecular formula is C9H13N. The van der Waals surface area contributed by atoms with Crippen LogP contribution < -0.4 is 5.73 Å². The van der Waals surface area contributed by atoms with Crippen molar-refractivity contribution in [3.63, 3.8) is 0 Å². The first kappa shape index (κ1) is 8.84. The average molecular weight is 135 g/mol. The van der Waals surface area contributed by atoms with E-state index in [1.54, 1.807) is 0 Å². The molecule has 0 rings (SSSR count).